The fraction of sp³-hybridized carbons (Fsp3) is 0.438. The Morgan fingerprint density at radius 2 is 2.39 bits per heavy atom. The Kier molecular flexibility index (Phi) is 5.07. The maximum atomic E-state index is 12.6. The number of nitrogens with zero attached hydrogens (tertiary/aromatic N) is 3. The molecule has 1 N–H and O–H groups in total. The van der Waals surface area contributed by atoms with Gasteiger partial charge in [-0.3, -0.25) is 0 Å². The molecule has 3 heterocycles. The molecule has 122 valence electrons. The lowest BCUT2D eigenvalue weighted by molar-refractivity contribution is 0.151. The van der Waals surface area contributed by atoms with Gasteiger partial charge in [0.2, 0.25) is 5.88 Å². The molecule has 1 atom stereocenters. The predicted molar refractivity (Wildman–Crippen MR) is 88.4 cm³/mol. The van der Waals surface area contributed by atoms with Gasteiger partial charge < -0.3 is 15.0 Å². The number of likely N-dealkylation sites (tertiary alicyclic amines) is 1. The Hall–Kier alpha value is -2.15. The minimum absolute atomic E-state index is 0.0606. The number of rotatable bonds is 4. The van der Waals surface area contributed by atoms with E-state index in [1.54, 1.807) is 30.7 Å². The van der Waals surface area contributed by atoms with E-state index in [4.69, 9.17) is 4.74 Å². The van der Waals surface area contributed by atoms with Gasteiger partial charge in [-0.2, -0.15) is 0 Å². The smallest absolute Gasteiger partial charge is 0.318 e. The molecule has 23 heavy (non-hydrogen) atoms. The van der Waals surface area contributed by atoms with Crippen molar-refractivity contribution in [2.45, 2.75) is 31.8 Å². The third kappa shape index (κ3) is 3.79. The molecule has 2 amide bonds. The summed E-state index contributed by atoms with van der Waals surface area (Å²) >= 11 is 1.61. The molecule has 0 saturated carbocycles. The van der Waals surface area contributed by atoms with Gasteiger partial charge in [0.25, 0.3) is 0 Å². The van der Waals surface area contributed by atoms with Gasteiger partial charge in [-0.15, -0.1) is 11.3 Å². The minimum Gasteiger partial charge on any atom is -0.481 e. The van der Waals surface area contributed by atoms with Gasteiger partial charge in [0, 0.05) is 24.2 Å². The lowest BCUT2D eigenvalue weighted by atomic mass is 10.0. The second-order valence-corrected chi connectivity index (χ2v) is 6.33. The standard InChI is InChI=1S/C16H20N4O2S/c1-22-14-7-4-5-12(19-14)11-18-16(21)20-9-3-2-6-13(20)15-17-8-10-23-15/h4-5,7-8,10,13H,2-3,6,9,11H2,1H3,(H,18,21). The molecule has 1 saturated heterocycles. The summed E-state index contributed by atoms with van der Waals surface area (Å²) in [5.41, 5.74) is 0.778. The first-order valence-corrected chi connectivity index (χ1v) is 8.59. The van der Waals surface area contributed by atoms with Crippen LogP contribution < -0.4 is 10.1 Å². The maximum absolute atomic E-state index is 12.6. The number of nitrogens with one attached hydrogen (secondary N) is 1. The van der Waals surface area contributed by atoms with Gasteiger partial charge in [-0.25, -0.2) is 14.8 Å². The van der Waals surface area contributed by atoms with E-state index in [0.29, 0.717) is 12.4 Å². The summed E-state index contributed by atoms with van der Waals surface area (Å²) in [6.07, 6.45) is 4.93. The summed E-state index contributed by atoms with van der Waals surface area (Å²) in [4.78, 5) is 23.1. The zero-order valence-electron chi connectivity index (χ0n) is 13.1. The largest absolute Gasteiger partial charge is 0.481 e. The van der Waals surface area contributed by atoms with Gasteiger partial charge >= 0.3 is 6.03 Å². The fourth-order valence-electron chi connectivity index (χ4n) is 2.77. The van der Waals surface area contributed by atoms with E-state index in [2.05, 4.69) is 15.3 Å². The summed E-state index contributed by atoms with van der Waals surface area (Å²) in [5.74, 6) is 0.551. The Labute approximate surface area is 139 Å². The van der Waals surface area contributed by atoms with Crippen LogP contribution in [0.15, 0.2) is 29.8 Å². The summed E-state index contributed by atoms with van der Waals surface area (Å²) in [6.45, 7) is 1.15. The van der Waals surface area contributed by atoms with E-state index in [1.165, 1.54) is 0 Å². The molecular weight excluding hydrogens is 312 g/mol. The molecule has 1 aliphatic heterocycles. The molecule has 1 aliphatic rings. The van der Waals surface area contributed by atoms with Crippen molar-refractivity contribution >= 4 is 17.4 Å². The molecule has 3 rings (SSSR count). The zero-order chi connectivity index (χ0) is 16.1. The molecule has 6 nitrogen and oxygen atoms in total. The van der Waals surface area contributed by atoms with E-state index in [9.17, 15) is 4.79 Å². The number of hydrogen-bond acceptors (Lipinski definition) is 5. The highest BCUT2D eigenvalue weighted by atomic mass is 32.1. The Bertz CT molecular complexity index is 647. The summed E-state index contributed by atoms with van der Waals surface area (Å²) in [7, 11) is 1.58. The number of pyridine rings is 1. The summed E-state index contributed by atoms with van der Waals surface area (Å²) < 4.78 is 5.10. The van der Waals surface area contributed by atoms with Gasteiger partial charge in [0.05, 0.1) is 25.4 Å². The molecule has 1 unspecified atom stereocenters. The molecule has 2 aromatic rings. The van der Waals surface area contributed by atoms with Crippen molar-refractivity contribution in [3.8, 4) is 5.88 Å². The second kappa shape index (κ2) is 7.41. The summed E-state index contributed by atoms with van der Waals surface area (Å²) in [5, 5.41) is 5.93. The molecule has 0 aliphatic carbocycles. The number of methoxy groups -OCH3 is 1. The molecule has 0 spiro atoms. The van der Waals surface area contributed by atoms with Gasteiger partial charge in [-0.05, 0) is 25.3 Å². The van der Waals surface area contributed by atoms with Crippen LogP contribution in [0, 0.1) is 0 Å². The van der Waals surface area contributed by atoms with Crippen LogP contribution in [-0.4, -0.2) is 34.6 Å². The third-order valence-electron chi connectivity index (χ3n) is 3.91. The van der Waals surface area contributed by atoms with E-state index in [-0.39, 0.29) is 12.1 Å². The van der Waals surface area contributed by atoms with E-state index >= 15 is 0 Å². The fourth-order valence-corrected chi connectivity index (χ4v) is 3.55. The quantitative estimate of drug-likeness (QED) is 0.934. The number of piperidine rings is 1. The number of carbonyl (C=O) groups excluding carboxylic acids is 1. The molecule has 0 aromatic carbocycles. The zero-order valence-corrected chi connectivity index (χ0v) is 13.9. The van der Waals surface area contributed by atoms with Crippen LogP contribution >= 0.6 is 11.3 Å². The number of ether oxygens (including phenoxy) is 1. The minimum atomic E-state index is -0.0606. The highest BCUT2D eigenvalue weighted by molar-refractivity contribution is 7.09. The average molecular weight is 332 g/mol. The Morgan fingerprint density at radius 1 is 1.48 bits per heavy atom. The van der Waals surface area contributed by atoms with Crippen molar-refractivity contribution in [2.24, 2.45) is 0 Å². The molecule has 0 radical (unpaired) electrons. The Balaban J connectivity index is 1.64. The molecular formula is C16H20N4O2S. The van der Waals surface area contributed by atoms with Crippen molar-refractivity contribution in [1.29, 1.82) is 0 Å². The Morgan fingerprint density at radius 3 is 3.17 bits per heavy atom. The van der Waals surface area contributed by atoms with Gasteiger partial charge in [0.15, 0.2) is 0 Å². The second-order valence-electron chi connectivity index (χ2n) is 5.41. The topological polar surface area (TPSA) is 67.3 Å². The van der Waals surface area contributed by atoms with Crippen LogP contribution in [0.4, 0.5) is 4.79 Å². The van der Waals surface area contributed by atoms with Gasteiger partial charge in [-0.1, -0.05) is 6.07 Å². The SMILES string of the molecule is COc1cccc(CNC(=O)N2CCCCC2c2nccs2)n1. The third-order valence-corrected chi connectivity index (χ3v) is 4.79. The van der Waals surface area contributed by atoms with E-state index < -0.39 is 0 Å². The van der Waals surface area contributed by atoms with Crippen LogP contribution in [0.1, 0.15) is 36.0 Å². The highest BCUT2D eigenvalue weighted by Crippen LogP contribution is 2.31. The number of urea groups is 1. The van der Waals surface area contributed by atoms with E-state index in [1.807, 2.05) is 22.4 Å². The van der Waals surface area contributed by atoms with Crippen LogP contribution in [0.25, 0.3) is 0 Å². The normalized spacial score (nSPS) is 17.8. The predicted octanol–water partition coefficient (Wildman–Crippen LogP) is 2.98. The number of carbonyl (C=O) groups is 1. The van der Waals surface area contributed by atoms with Crippen molar-refractivity contribution < 1.29 is 9.53 Å². The number of amides is 2. The first-order valence-electron chi connectivity index (χ1n) is 7.71. The average Bonchev–Trinajstić information content (AvgIpc) is 3.14. The van der Waals surface area contributed by atoms with Crippen molar-refractivity contribution in [1.82, 2.24) is 20.2 Å². The lowest BCUT2D eigenvalue weighted by Crippen LogP contribution is -2.44. The molecule has 0 bridgehead atoms. The first kappa shape index (κ1) is 15.7. The van der Waals surface area contributed by atoms with Crippen LogP contribution in [-0.2, 0) is 6.54 Å². The van der Waals surface area contributed by atoms with E-state index in [0.717, 1.165) is 36.5 Å². The molecule has 1 fully saturated rings. The molecule has 7 heteroatoms. The van der Waals surface area contributed by atoms with Crippen LogP contribution in [0.5, 0.6) is 5.88 Å². The first-order chi connectivity index (χ1) is 11.3. The number of hydrogen-bond donors (Lipinski definition) is 1. The number of thiazole rings is 1. The monoisotopic (exact) mass is 332 g/mol. The van der Waals surface area contributed by atoms with Crippen LogP contribution in [0.2, 0.25) is 0 Å². The summed E-state index contributed by atoms with van der Waals surface area (Å²) in [6, 6.07) is 5.55. The van der Waals surface area contributed by atoms with Crippen molar-refractivity contribution in [3.05, 3.63) is 40.5 Å². The van der Waals surface area contributed by atoms with Crippen molar-refractivity contribution in [2.75, 3.05) is 13.7 Å². The van der Waals surface area contributed by atoms with Crippen LogP contribution in [0.3, 0.4) is 0 Å². The van der Waals surface area contributed by atoms with Crippen molar-refractivity contribution in [3.63, 3.8) is 0 Å². The number of aromatic nitrogens is 2. The molecule has 2 aromatic heterocycles. The van der Waals surface area contributed by atoms with Gasteiger partial charge in [0.1, 0.15) is 5.01 Å². The lowest BCUT2D eigenvalue weighted by Gasteiger charge is -2.34. The highest BCUT2D eigenvalue weighted by Gasteiger charge is 2.29. The maximum Gasteiger partial charge on any atom is 0.318 e.